The Balaban J connectivity index is 1.76. The summed E-state index contributed by atoms with van der Waals surface area (Å²) < 4.78 is 44.7. The van der Waals surface area contributed by atoms with Crippen molar-refractivity contribution >= 4 is 17.5 Å². The van der Waals surface area contributed by atoms with Crippen LogP contribution in [0.3, 0.4) is 0 Å². The predicted octanol–water partition coefficient (Wildman–Crippen LogP) is 7.05. The van der Waals surface area contributed by atoms with Gasteiger partial charge in [0, 0.05) is 17.0 Å². The first-order valence-electron chi connectivity index (χ1n) is 10.9. The number of hydrogen-bond donors (Lipinski definition) is 1. The second-order valence-electron chi connectivity index (χ2n) is 8.74. The van der Waals surface area contributed by atoms with Crippen LogP contribution in [0.5, 0.6) is 5.75 Å². The number of amides is 1. The zero-order chi connectivity index (χ0) is 24.9. The predicted molar refractivity (Wildman–Crippen MR) is 128 cm³/mol. The Kier molecular flexibility index (Phi) is 7.93. The fourth-order valence-corrected chi connectivity index (χ4v) is 3.82. The number of rotatable bonds is 8. The van der Waals surface area contributed by atoms with Gasteiger partial charge in [-0.05, 0) is 74.7 Å². The van der Waals surface area contributed by atoms with Gasteiger partial charge in [0.2, 0.25) is 0 Å². The molecule has 0 aliphatic rings. The molecule has 34 heavy (non-hydrogen) atoms. The van der Waals surface area contributed by atoms with Crippen LogP contribution in [-0.4, -0.2) is 17.6 Å². The molecule has 1 N–H and O–H groups in total. The third-order valence-corrected chi connectivity index (χ3v) is 5.91. The fourth-order valence-electron chi connectivity index (χ4n) is 3.69. The van der Waals surface area contributed by atoms with Crippen LogP contribution in [0.1, 0.15) is 43.4 Å². The standard InChI is InChI=1S/C27H27ClF3NO2/c1-18(32-25(33)26(2,3)34-23-15-13-22(28)14-16-23)24(20-7-5-4-6-8-20)17-19-9-11-21(12-10-19)27(29,30)31/h4-16,18,24H,17H2,1-3H3,(H,32,33). The molecule has 3 rings (SSSR count). The van der Waals surface area contributed by atoms with Crippen molar-refractivity contribution in [2.24, 2.45) is 0 Å². The van der Waals surface area contributed by atoms with Gasteiger partial charge in [-0.2, -0.15) is 13.2 Å². The van der Waals surface area contributed by atoms with E-state index in [0.29, 0.717) is 17.2 Å². The molecule has 0 bridgehead atoms. The molecule has 3 nitrogen and oxygen atoms in total. The number of benzene rings is 3. The van der Waals surface area contributed by atoms with E-state index in [1.54, 1.807) is 38.1 Å². The normalized spacial score (nSPS) is 13.7. The van der Waals surface area contributed by atoms with E-state index in [9.17, 15) is 18.0 Å². The van der Waals surface area contributed by atoms with Gasteiger partial charge in [-0.1, -0.05) is 54.1 Å². The highest BCUT2D eigenvalue weighted by atomic mass is 35.5. The van der Waals surface area contributed by atoms with Gasteiger partial charge < -0.3 is 10.1 Å². The topological polar surface area (TPSA) is 38.3 Å². The molecule has 0 radical (unpaired) electrons. The molecule has 180 valence electrons. The third kappa shape index (κ3) is 6.76. The Hall–Kier alpha value is -2.99. The highest BCUT2D eigenvalue weighted by molar-refractivity contribution is 6.30. The molecule has 2 unspecified atom stereocenters. The van der Waals surface area contributed by atoms with Crippen molar-refractivity contribution in [3.05, 3.63) is 101 Å². The highest BCUT2D eigenvalue weighted by Gasteiger charge is 2.33. The lowest BCUT2D eigenvalue weighted by Gasteiger charge is -2.31. The minimum Gasteiger partial charge on any atom is -0.478 e. The molecule has 3 aromatic carbocycles. The molecule has 0 aliphatic carbocycles. The molecule has 0 spiro atoms. The lowest BCUT2D eigenvalue weighted by Crippen LogP contribution is -2.51. The van der Waals surface area contributed by atoms with E-state index in [0.717, 1.165) is 23.3 Å². The monoisotopic (exact) mass is 489 g/mol. The second-order valence-corrected chi connectivity index (χ2v) is 9.18. The van der Waals surface area contributed by atoms with Crippen molar-refractivity contribution in [1.29, 1.82) is 0 Å². The molecule has 0 aliphatic heterocycles. The van der Waals surface area contributed by atoms with Crippen LogP contribution in [0.25, 0.3) is 0 Å². The molecule has 0 saturated carbocycles. The third-order valence-electron chi connectivity index (χ3n) is 5.66. The van der Waals surface area contributed by atoms with E-state index in [-0.39, 0.29) is 17.9 Å². The van der Waals surface area contributed by atoms with Crippen molar-refractivity contribution in [2.45, 2.75) is 50.9 Å². The summed E-state index contributed by atoms with van der Waals surface area (Å²) in [6.45, 7) is 5.24. The van der Waals surface area contributed by atoms with Crippen LogP contribution in [0.2, 0.25) is 5.02 Å². The molecular formula is C27H27ClF3NO2. The van der Waals surface area contributed by atoms with Gasteiger partial charge in [-0.3, -0.25) is 4.79 Å². The van der Waals surface area contributed by atoms with Crippen molar-refractivity contribution in [3.8, 4) is 5.75 Å². The molecule has 7 heteroatoms. The number of halogens is 4. The van der Waals surface area contributed by atoms with Crippen LogP contribution >= 0.6 is 11.6 Å². The first-order chi connectivity index (χ1) is 16.0. The average molecular weight is 490 g/mol. The summed E-state index contributed by atoms with van der Waals surface area (Å²) in [6, 6.07) is 21.2. The molecule has 1 amide bonds. The van der Waals surface area contributed by atoms with E-state index in [2.05, 4.69) is 5.32 Å². The van der Waals surface area contributed by atoms with E-state index in [1.165, 1.54) is 12.1 Å². The number of carbonyl (C=O) groups is 1. The lowest BCUT2D eigenvalue weighted by molar-refractivity contribution is -0.137. The molecule has 0 fully saturated rings. The first-order valence-corrected chi connectivity index (χ1v) is 11.3. The van der Waals surface area contributed by atoms with Crippen LogP contribution in [-0.2, 0) is 17.4 Å². The van der Waals surface area contributed by atoms with E-state index in [4.69, 9.17) is 16.3 Å². The highest BCUT2D eigenvalue weighted by Crippen LogP contribution is 2.31. The summed E-state index contributed by atoms with van der Waals surface area (Å²) in [6.07, 6.45) is -3.92. The summed E-state index contributed by atoms with van der Waals surface area (Å²) in [5.74, 6) is 0.0538. The van der Waals surface area contributed by atoms with Crippen molar-refractivity contribution in [3.63, 3.8) is 0 Å². The van der Waals surface area contributed by atoms with E-state index < -0.39 is 17.3 Å². The van der Waals surface area contributed by atoms with Gasteiger partial charge in [0.05, 0.1) is 5.56 Å². The number of hydrogen-bond acceptors (Lipinski definition) is 2. The van der Waals surface area contributed by atoms with Gasteiger partial charge in [0.25, 0.3) is 5.91 Å². The second kappa shape index (κ2) is 10.5. The van der Waals surface area contributed by atoms with Gasteiger partial charge in [0.15, 0.2) is 5.60 Å². The Morgan fingerprint density at radius 2 is 1.53 bits per heavy atom. The SMILES string of the molecule is CC(NC(=O)C(C)(C)Oc1ccc(Cl)cc1)C(Cc1ccc(C(F)(F)F)cc1)c1ccccc1. The molecule has 3 aromatic rings. The summed E-state index contributed by atoms with van der Waals surface area (Å²) in [5, 5.41) is 3.60. The maximum atomic E-state index is 13.1. The van der Waals surface area contributed by atoms with Crippen molar-refractivity contribution in [1.82, 2.24) is 5.32 Å². The summed E-state index contributed by atoms with van der Waals surface area (Å²) >= 11 is 5.91. The quantitative estimate of drug-likeness (QED) is 0.368. The smallest absolute Gasteiger partial charge is 0.416 e. The number of alkyl halides is 3. The summed E-state index contributed by atoms with van der Waals surface area (Å²) in [7, 11) is 0. The van der Waals surface area contributed by atoms with Gasteiger partial charge in [-0.15, -0.1) is 0 Å². The fraction of sp³-hybridized carbons (Fsp3) is 0.296. The average Bonchev–Trinajstić information content (AvgIpc) is 2.79. The van der Waals surface area contributed by atoms with E-state index >= 15 is 0 Å². The number of carbonyl (C=O) groups excluding carboxylic acids is 1. The molecule has 0 heterocycles. The van der Waals surface area contributed by atoms with Gasteiger partial charge in [0.1, 0.15) is 5.75 Å². The summed E-state index contributed by atoms with van der Waals surface area (Å²) in [4.78, 5) is 13.1. The Morgan fingerprint density at radius 1 is 0.941 bits per heavy atom. The Morgan fingerprint density at radius 3 is 2.09 bits per heavy atom. The lowest BCUT2D eigenvalue weighted by atomic mass is 9.86. The van der Waals surface area contributed by atoms with Gasteiger partial charge >= 0.3 is 6.18 Å². The van der Waals surface area contributed by atoms with Crippen LogP contribution in [0, 0.1) is 0 Å². The van der Waals surface area contributed by atoms with Crippen LogP contribution in [0.4, 0.5) is 13.2 Å². The first kappa shape index (κ1) is 25.6. The van der Waals surface area contributed by atoms with Crippen LogP contribution in [0.15, 0.2) is 78.9 Å². The zero-order valence-electron chi connectivity index (χ0n) is 19.2. The zero-order valence-corrected chi connectivity index (χ0v) is 20.0. The Labute approximate surface area is 202 Å². The summed E-state index contributed by atoms with van der Waals surface area (Å²) in [5.41, 5.74) is -0.112. The van der Waals surface area contributed by atoms with Gasteiger partial charge in [-0.25, -0.2) is 0 Å². The van der Waals surface area contributed by atoms with Crippen molar-refractivity contribution < 1.29 is 22.7 Å². The number of ether oxygens (including phenoxy) is 1. The molecule has 0 saturated heterocycles. The molecule has 2 atom stereocenters. The minimum absolute atomic E-state index is 0.159. The maximum absolute atomic E-state index is 13.1. The molecule has 0 aromatic heterocycles. The van der Waals surface area contributed by atoms with E-state index in [1.807, 2.05) is 37.3 Å². The molecular weight excluding hydrogens is 463 g/mol. The Bertz CT molecular complexity index is 1080. The van der Waals surface area contributed by atoms with Crippen molar-refractivity contribution in [2.75, 3.05) is 0 Å². The number of nitrogens with one attached hydrogen (secondary N) is 1. The largest absolute Gasteiger partial charge is 0.478 e. The minimum atomic E-state index is -4.38. The maximum Gasteiger partial charge on any atom is 0.416 e. The van der Waals surface area contributed by atoms with Crippen LogP contribution < -0.4 is 10.1 Å².